The number of hydrogen-bond donors (Lipinski definition) is 2. The summed E-state index contributed by atoms with van der Waals surface area (Å²) in [6, 6.07) is 6.19. The Morgan fingerprint density at radius 3 is 2.38 bits per heavy atom. The molecule has 1 atom stereocenters. The molecule has 0 bridgehead atoms. The molecule has 0 heterocycles. The average Bonchev–Trinajstić information content (AvgIpc) is 2.52. The van der Waals surface area contributed by atoms with E-state index in [-0.39, 0.29) is 12.6 Å². The van der Waals surface area contributed by atoms with Crippen LogP contribution in [0.4, 0.5) is 0 Å². The Bertz CT molecular complexity index is 430. The van der Waals surface area contributed by atoms with E-state index in [0.717, 1.165) is 12.1 Å². The Balaban J connectivity index is 2.84. The Labute approximate surface area is 128 Å². The Kier molecular flexibility index (Phi) is 6.99. The lowest BCUT2D eigenvalue weighted by molar-refractivity contribution is -0.0119. The molecule has 2 N–H and O–H groups in total. The highest BCUT2D eigenvalue weighted by atomic mass is 16.5. The van der Waals surface area contributed by atoms with Gasteiger partial charge in [0.2, 0.25) is 0 Å². The molecule has 0 aliphatic heterocycles. The van der Waals surface area contributed by atoms with Crippen LogP contribution in [0.3, 0.4) is 0 Å². The van der Waals surface area contributed by atoms with Gasteiger partial charge in [0.25, 0.3) is 0 Å². The number of methoxy groups -OCH3 is 1. The van der Waals surface area contributed by atoms with E-state index in [2.05, 4.69) is 19.2 Å². The van der Waals surface area contributed by atoms with Gasteiger partial charge in [0.1, 0.15) is 6.61 Å². The van der Waals surface area contributed by atoms with Crippen molar-refractivity contribution < 1.29 is 14.6 Å². The van der Waals surface area contributed by atoms with Crippen molar-refractivity contribution >= 4 is 0 Å². The van der Waals surface area contributed by atoms with E-state index in [1.54, 1.807) is 7.11 Å². The summed E-state index contributed by atoms with van der Waals surface area (Å²) >= 11 is 0. The third-order valence-corrected chi connectivity index (χ3v) is 4.01. The minimum Gasteiger partial charge on any atom is -0.493 e. The third-order valence-electron chi connectivity index (χ3n) is 4.01. The Morgan fingerprint density at radius 2 is 1.86 bits per heavy atom. The highest BCUT2D eigenvalue weighted by molar-refractivity contribution is 5.43. The van der Waals surface area contributed by atoms with Crippen LogP contribution in [0.5, 0.6) is 11.5 Å². The second-order valence-electron chi connectivity index (χ2n) is 5.41. The molecular formula is C17H29NO3. The fourth-order valence-electron chi connectivity index (χ4n) is 2.16. The molecule has 1 aromatic rings. The lowest BCUT2D eigenvalue weighted by Gasteiger charge is -2.25. The van der Waals surface area contributed by atoms with Gasteiger partial charge in [-0.05, 0) is 44.0 Å². The minimum absolute atomic E-state index is 0.265. The second-order valence-corrected chi connectivity index (χ2v) is 5.41. The first-order valence-corrected chi connectivity index (χ1v) is 7.76. The molecule has 4 nitrogen and oxygen atoms in total. The van der Waals surface area contributed by atoms with E-state index in [0.29, 0.717) is 24.3 Å². The Morgan fingerprint density at radius 1 is 1.19 bits per heavy atom. The molecule has 0 aromatic heterocycles. The Hall–Kier alpha value is -1.26. The SMILES string of the molecule is CCNC(C)c1ccc(OCC(O)(CC)CC)c(OC)c1. The van der Waals surface area contributed by atoms with Crippen molar-refractivity contribution in [3.63, 3.8) is 0 Å². The number of benzene rings is 1. The summed E-state index contributed by atoms with van der Waals surface area (Å²) in [5, 5.41) is 13.7. The van der Waals surface area contributed by atoms with Crippen LogP contribution < -0.4 is 14.8 Å². The molecule has 120 valence electrons. The fraction of sp³-hybridized carbons (Fsp3) is 0.647. The van der Waals surface area contributed by atoms with Crippen LogP contribution in [0.15, 0.2) is 18.2 Å². The van der Waals surface area contributed by atoms with E-state index < -0.39 is 5.60 Å². The smallest absolute Gasteiger partial charge is 0.161 e. The van der Waals surface area contributed by atoms with E-state index >= 15 is 0 Å². The van der Waals surface area contributed by atoms with Gasteiger partial charge in [0.15, 0.2) is 11.5 Å². The molecule has 0 aliphatic rings. The first-order chi connectivity index (χ1) is 9.99. The van der Waals surface area contributed by atoms with Gasteiger partial charge in [0, 0.05) is 6.04 Å². The third kappa shape index (κ3) is 4.90. The number of nitrogens with one attached hydrogen (secondary N) is 1. The highest BCUT2D eigenvalue weighted by Crippen LogP contribution is 2.31. The van der Waals surface area contributed by atoms with Gasteiger partial charge in [0.05, 0.1) is 12.7 Å². The quantitative estimate of drug-likeness (QED) is 0.734. The average molecular weight is 295 g/mol. The van der Waals surface area contributed by atoms with E-state index in [9.17, 15) is 5.11 Å². The monoisotopic (exact) mass is 295 g/mol. The summed E-state index contributed by atoms with van der Waals surface area (Å²) in [7, 11) is 1.63. The molecule has 4 heteroatoms. The topological polar surface area (TPSA) is 50.7 Å². The zero-order valence-electron chi connectivity index (χ0n) is 13.9. The minimum atomic E-state index is -0.777. The number of ether oxygens (including phenoxy) is 2. The molecule has 0 radical (unpaired) electrons. The van der Waals surface area contributed by atoms with Gasteiger partial charge < -0.3 is 19.9 Å². The highest BCUT2D eigenvalue weighted by Gasteiger charge is 2.24. The second kappa shape index (κ2) is 8.25. The van der Waals surface area contributed by atoms with Crippen molar-refractivity contribution in [2.75, 3.05) is 20.3 Å². The number of rotatable bonds is 9. The van der Waals surface area contributed by atoms with Crippen LogP contribution in [-0.2, 0) is 0 Å². The van der Waals surface area contributed by atoms with Gasteiger partial charge in [-0.3, -0.25) is 0 Å². The lowest BCUT2D eigenvalue weighted by atomic mass is 9.99. The van der Waals surface area contributed by atoms with E-state index in [4.69, 9.17) is 9.47 Å². The van der Waals surface area contributed by atoms with Crippen molar-refractivity contribution in [3.05, 3.63) is 23.8 Å². The van der Waals surface area contributed by atoms with Crippen molar-refractivity contribution in [1.29, 1.82) is 0 Å². The maximum atomic E-state index is 10.3. The summed E-state index contributed by atoms with van der Waals surface area (Å²) in [5.74, 6) is 1.37. The van der Waals surface area contributed by atoms with E-state index in [1.165, 1.54) is 0 Å². The summed E-state index contributed by atoms with van der Waals surface area (Å²) in [5.41, 5.74) is 0.378. The molecular weight excluding hydrogens is 266 g/mol. The first-order valence-electron chi connectivity index (χ1n) is 7.76. The van der Waals surface area contributed by atoms with Crippen molar-refractivity contribution in [2.24, 2.45) is 0 Å². The van der Waals surface area contributed by atoms with Crippen LogP contribution in [-0.4, -0.2) is 31.0 Å². The molecule has 0 saturated carbocycles. The predicted octanol–water partition coefficient (Wildman–Crippen LogP) is 3.30. The van der Waals surface area contributed by atoms with Gasteiger partial charge >= 0.3 is 0 Å². The molecule has 0 saturated heterocycles. The maximum absolute atomic E-state index is 10.3. The molecule has 0 spiro atoms. The van der Waals surface area contributed by atoms with Gasteiger partial charge in [-0.1, -0.05) is 26.8 Å². The van der Waals surface area contributed by atoms with Crippen LogP contribution in [0.25, 0.3) is 0 Å². The maximum Gasteiger partial charge on any atom is 0.161 e. The van der Waals surface area contributed by atoms with Crippen LogP contribution in [0.1, 0.15) is 52.1 Å². The number of hydrogen-bond acceptors (Lipinski definition) is 4. The standard InChI is InChI=1S/C17H29NO3/c1-6-17(19,7-2)12-21-15-10-9-14(11-16(15)20-5)13(4)18-8-3/h9-11,13,18-19H,6-8,12H2,1-5H3. The molecule has 1 unspecified atom stereocenters. The zero-order chi connectivity index (χ0) is 15.9. The number of aliphatic hydroxyl groups is 1. The summed E-state index contributed by atoms with van der Waals surface area (Å²) in [4.78, 5) is 0. The summed E-state index contributed by atoms with van der Waals surface area (Å²) in [6.07, 6.45) is 1.34. The summed E-state index contributed by atoms with van der Waals surface area (Å²) in [6.45, 7) is 9.32. The molecule has 0 aliphatic carbocycles. The first kappa shape index (κ1) is 17.8. The largest absolute Gasteiger partial charge is 0.493 e. The van der Waals surface area contributed by atoms with Gasteiger partial charge in [-0.2, -0.15) is 0 Å². The van der Waals surface area contributed by atoms with Crippen molar-refractivity contribution in [1.82, 2.24) is 5.32 Å². The van der Waals surface area contributed by atoms with Crippen LogP contribution in [0.2, 0.25) is 0 Å². The normalized spacial score (nSPS) is 13.0. The van der Waals surface area contributed by atoms with Crippen molar-refractivity contribution in [3.8, 4) is 11.5 Å². The van der Waals surface area contributed by atoms with Crippen LogP contribution >= 0.6 is 0 Å². The van der Waals surface area contributed by atoms with Gasteiger partial charge in [-0.15, -0.1) is 0 Å². The predicted molar refractivity (Wildman–Crippen MR) is 86.1 cm³/mol. The zero-order valence-corrected chi connectivity index (χ0v) is 13.9. The molecule has 0 amide bonds. The van der Waals surface area contributed by atoms with E-state index in [1.807, 2.05) is 32.0 Å². The fourth-order valence-corrected chi connectivity index (χ4v) is 2.16. The summed E-state index contributed by atoms with van der Waals surface area (Å²) < 4.78 is 11.2. The van der Waals surface area contributed by atoms with Gasteiger partial charge in [-0.25, -0.2) is 0 Å². The van der Waals surface area contributed by atoms with Crippen molar-refractivity contribution in [2.45, 2.75) is 52.2 Å². The molecule has 21 heavy (non-hydrogen) atoms. The molecule has 1 aromatic carbocycles. The van der Waals surface area contributed by atoms with Crippen LogP contribution in [0, 0.1) is 0 Å². The molecule has 1 rings (SSSR count). The lowest BCUT2D eigenvalue weighted by Crippen LogP contribution is -2.34. The molecule has 0 fully saturated rings.